The van der Waals surface area contributed by atoms with Crippen LogP contribution in [0.4, 0.5) is 5.82 Å². The van der Waals surface area contributed by atoms with Crippen molar-refractivity contribution in [3.05, 3.63) is 6.33 Å². The summed E-state index contributed by atoms with van der Waals surface area (Å²) in [4.78, 5) is 30.8. The Kier molecular flexibility index (Phi) is 6.85. The number of phosphoric acid groups is 1. The van der Waals surface area contributed by atoms with Crippen molar-refractivity contribution in [1.82, 2.24) is 19.5 Å². The van der Waals surface area contributed by atoms with Gasteiger partial charge in [0.25, 0.3) is 0 Å². The molecule has 1 saturated heterocycles. The second-order valence-corrected chi connectivity index (χ2v) is 10.1. The summed E-state index contributed by atoms with van der Waals surface area (Å²) < 4.78 is 22.4. The zero-order valence-electron chi connectivity index (χ0n) is 16.6. The molecule has 0 spiro atoms. The van der Waals surface area contributed by atoms with Gasteiger partial charge in [-0.25, -0.2) is 19.5 Å². The SMILES string of the molecule is Nc1nc(SCC2CCCCC2)nc2c1ncn2[C@@H]1O[C@H](COP(=O)(O)O)[C@@H](O)[C@H]1O. The summed E-state index contributed by atoms with van der Waals surface area (Å²) in [5, 5.41) is 21.2. The van der Waals surface area contributed by atoms with Gasteiger partial charge in [-0.2, -0.15) is 0 Å². The van der Waals surface area contributed by atoms with Crippen LogP contribution in [0.1, 0.15) is 38.3 Å². The van der Waals surface area contributed by atoms with Crippen LogP contribution in [-0.4, -0.2) is 70.2 Å². The van der Waals surface area contributed by atoms with Crippen LogP contribution in [0.25, 0.3) is 11.2 Å². The molecule has 4 atom stereocenters. The van der Waals surface area contributed by atoms with E-state index in [1.807, 2.05) is 0 Å². The number of aliphatic hydroxyl groups is 2. The second-order valence-electron chi connectivity index (χ2n) is 7.86. The summed E-state index contributed by atoms with van der Waals surface area (Å²) in [6, 6.07) is 0. The van der Waals surface area contributed by atoms with Gasteiger partial charge in [0, 0.05) is 5.75 Å². The molecule has 31 heavy (non-hydrogen) atoms. The van der Waals surface area contributed by atoms with Gasteiger partial charge in [-0.1, -0.05) is 31.0 Å². The van der Waals surface area contributed by atoms with Gasteiger partial charge in [0.05, 0.1) is 12.9 Å². The topological polar surface area (TPSA) is 186 Å². The molecule has 172 valence electrons. The summed E-state index contributed by atoms with van der Waals surface area (Å²) in [6.45, 7) is -0.592. The predicted molar refractivity (Wildman–Crippen MR) is 111 cm³/mol. The van der Waals surface area contributed by atoms with Crippen LogP contribution in [-0.2, 0) is 13.8 Å². The average Bonchev–Trinajstić information content (AvgIpc) is 3.27. The van der Waals surface area contributed by atoms with Gasteiger partial charge in [-0.05, 0) is 18.8 Å². The summed E-state index contributed by atoms with van der Waals surface area (Å²) >= 11 is 1.52. The predicted octanol–water partition coefficient (Wildman–Crippen LogP) is 0.809. The van der Waals surface area contributed by atoms with Crippen molar-refractivity contribution in [2.24, 2.45) is 5.92 Å². The maximum Gasteiger partial charge on any atom is 0.469 e. The zero-order chi connectivity index (χ0) is 22.2. The molecule has 1 aliphatic carbocycles. The Hall–Kier alpha value is -1.31. The van der Waals surface area contributed by atoms with E-state index in [1.165, 1.54) is 54.8 Å². The number of aromatic nitrogens is 4. The van der Waals surface area contributed by atoms with Crippen molar-refractivity contribution in [3.63, 3.8) is 0 Å². The third kappa shape index (κ3) is 5.20. The first-order valence-electron chi connectivity index (χ1n) is 10.1. The molecule has 2 aromatic rings. The molecule has 3 heterocycles. The molecule has 1 saturated carbocycles. The molecule has 2 aromatic heterocycles. The Balaban J connectivity index is 1.53. The summed E-state index contributed by atoms with van der Waals surface area (Å²) in [5.41, 5.74) is 6.74. The minimum atomic E-state index is -4.75. The molecular weight excluding hydrogens is 449 g/mol. The standard InChI is InChI=1S/C17H26N5O7PS/c18-14-11-15(21-17(20-14)31-7-9-4-2-1-3-5-9)22(8-19-11)16-13(24)12(23)10(29-16)6-28-30(25,26)27/h8-10,12-13,16,23-24H,1-7H2,(H2,18,20,21)(H2,25,26,27)/t10-,12-,13-,16-/m1/s1. The quantitative estimate of drug-likeness (QED) is 0.216. The fourth-order valence-corrected chi connectivity index (χ4v) is 5.35. The van der Waals surface area contributed by atoms with E-state index in [1.54, 1.807) is 0 Å². The van der Waals surface area contributed by atoms with Gasteiger partial charge < -0.3 is 30.5 Å². The summed E-state index contributed by atoms with van der Waals surface area (Å²) in [6.07, 6.45) is 2.48. The van der Waals surface area contributed by atoms with Crippen LogP contribution < -0.4 is 5.73 Å². The highest BCUT2D eigenvalue weighted by molar-refractivity contribution is 7.99. The smallest absolute Gasteiger partial charge is 0.387 e. The van der Waals surface area contributed by atoms with E-state index in [0.717, 1.165) is 5.75 Å². The molecule has 2 fully saturated rings. The molecule has 14 heteroatoms. The van der Waals surface area contributed by atoms with Gasteiger partial charge in [0.2, 0.25) is 0 Å². The second kappa shape index (κ2) is 9.28. The van der Waals surface area contributed by atoms with E-state index in [2.05, 4.69) is 19.5 Å². The van der Waals surface area contributed by atoms with Crippen molar-refractivity contribution in [3.8, 4) is 0 Å². The average molecular weight is 475 g/mol. The molecule has 0 aromatic carbocycles. The third-order valence-electron chi connectivity index (χ3n) is 5.62. The number of hydrogen-bond acceptors (Lipinski definition) is 10. The number of nitrogen functional groups attached to an aromatic ring is 1. The lowest BCUT2D eigenvalue weighted by Crippen LogP contribution is -2.33. The van der Waals surface area contributed by atoms with Crippen LogP contribution >= 0.6 is 19.6 Å². The Labute approximate surface area is 182 Å². The number of fused-ring (bicyclic) bond motifs is 1. The number of anilines is 1. The van der Waals surface area contributed by atoms with Crippen molar-refractivity contribution in [2.75, 3.05) is 18.1 Å². The van der Waals surface area contributed by atoms with E-state index in [9.17, 15) is 14.8 Å². The molecule has 2 aliphatic rings. The molecule has 6 N–H and O–H groups in total. The Bertz CT molecular complexity index is 966. The lowest BCUT2D eigenvalue weighted by atomic mass is 9.91. The fraction of sp³-hybridized carbons (Fsp3) is 0.706. The summed E-state index contributed by atoms with van der Waals surface area (Å²) in [7, 11) is -4.75. The highest BCUT2D eigenvalue weighted by Gasteiger charge is 2.45. The van der Waals surface area contributed by atoms with Gasteiger partial charge >= 0.3 is 7.82 Å². The fourth-order valence-electron chi connectivity index (χ4n) is 3.98. The van der Waals surface area contributed by atoms with Crippen molar-refractivity contribution >= 4 is 36.6 Å². The van der Waals surface area contributed by atoms with Crippen molar-refractivity contribution < 1.29 is 33.8 Å². The molecule has 0 amide bonds. The number of hydrogen-bond donors (Lipinski definition) is 5. The van der Waals surface area contributed by atoms with E-state index in [0.29, 0.717) is 22.2 Å². The number of aliphatic hydroxyl groups excluding tert-OH is 2. The number of rotatable bonds is 7. The van der Waals surface area contributed by atoms with Crippen molar-refractivity contribution in [2.45, 2.75) is 61.8 Å². The van der Waals surface area contributed by atoms with Gasteiger partial charge in [-0.15, -0.1) is 0 Å². The molecule has 0 unspecified atom stereocenters. The van der Waals surface area contributed by atoms with Crippen molar-refractivity contribution in [1.29, 1.82) is 0 Å². The van der Waals surface area contributed by atoms with Gasteiger partial charge in [0.15, 0.2) is 22.8 Å². The lowest BCUT2D eigenvalue weighted by Gasteiger charge is -2.20. The van der Waals surface area contributed by atoms with Crippen LogP contribution in [0.5, 0.6) is 0 Å². The number of nitrogens with two attached hydrogens (primary N) is 1. The third-order valence-corrected chi connectivity index (χ3v) is 7.18. The number of thioether (sulfide) groups is 1. The number of nitrogens with zero attached hydrogens (tertiary/aromatic N) is 4. The Morgan fingerprint density at radius 1 is 1.23 bits per heavy atom. The minimum absolute atomic E-state index is 0.198. The number of ether oxygens (including phenoxy) is 1. The molecule has 12 nitrogen and oxygen atoms in total. The molecule has 1 aliphatic heterocycles. The molecule has 0 bridgehead atoms. The maximum absolute atomic E-state index is 10.9. The molecule has 4 rings (SSSR count). The van der Waals surface area contributed by atoms with Crippen LogP contribution in [0.3, 0.4) is 0 Å². The largest absolute Gasteiger partial charge is 0.469 e. The first kappa shape index (κ1) is 22.9. The van der Waals surface area contributed by atoms with E-state index < -0.39 is 39.0 Å². The van der Waals surface area contributed by atoms with E-state index in [-0.39, 0.29) is 5.82 Å². The van der Waals surface area contributed by atoms with Crippen LogP contribution in [0.2, 0.25) is 0 Å². The maximum atomic E-state index is 10.9. The monoisotopic (exact) mass is 475 g/mol. The van der Waals surface area contributed by atoms with E-state index >= 15 is 0 Å². The minimum Gasteiger partial charge on any atom is -0.387 e. The molecule has 0 radical (unpaired) electrons. The first-order valence-corrected chi connectivity index (χ1v) is 12.6. The van der Waals surface area contributed by atoms with Gasteiger partial charge in [0.1, 0.15) is 23.8 Å². The number of phosphoric ester groups is 1. The highest BCUT2D eigenvalue weighted by atomic mass is 32.2. The van der Waals surface area contributed by atoms with Gasteiger partial charge in [-0.3, -0.25) is 9.09 Å². The zero-order valence-corrected chi connectivity index (χ0v) is 18.4. The molecular formula is C17H26N5O7PS. The summed E-state index contributed by atoms with van der Waals surface area (Å²) in [5.74, 6) is 1.71. The highest BCUT2D eigenvalue weighted by Crippen LogP contribution is 2.39. The lowest BCUT2D eigenvalue weighted by molar-refractivity contribution is -0.0504. The van der Waals surface area contributed by atoms with E-state index in [4.69, 9.17) is 20.3 Å². The van der Waals surface area contributed by atoms with Crippen LogP contribution in [0, 0.1) is 5.92 Å². The van der Waals surface area contributed by atoms with Crippen LogP contribution in [0.15, 0.2) is 11.5 Å². The first-order chi connectivity index (χ1) is 14.7. The Morgan fingerprint density at radius 2 is 1.97 bits per heavy atom. The normalized spacial score (nSPS) is 27.9. The number of imidazole rings is 1. The Morgan fingerprint density at radius 3 is 2.68 bits per heavy atom.